The van der Waals surface area contributed by atoms with Crippen molar-refractivity contribution in [2.45, 2.75) is 62.9 Å². The molecule has 0 unspecified atom stereocenters. The molecule has 7 nitrogen and oxygen atoms in total. The van der Waals surface area contributed by atoms with E-state index in [-0.39, 0.29) is 10.5 Å². The van der Waals surface area contributed by atoms with Crippen LogP contribution in [0.1, 0.15) is 64.9 Å². The van der Waals surface area contributed by atoms with Crippen LogP contribution >= 0.6 is 0 Å². The maximum atomic E-state index is 13.4. The molecule has 1 atom stereocenters. The molecular formula is C23H25N3O4S. The predicted octanol–water partition coefficient (Wildman–Crippen LogP) is 3.61. The SMILES string of the molecule is CC(C)(O)c1ccc2c(c1)C(=O)N[S@]2(=O)=NC(=O)Nc1c2c(cc3c1CCC3)CCC2. The molecule has 0 fully saturated rings. The van der Waals surface area contributed by atoms with E-state index in [9.17, 15) is 18.9 Å². The Morgan fingerprint density at radius 2 is 1.74 bits per heavy atom. The van der Waals surface area contributed by atoms with Crippen molar-refractivity contribution in [2.24, 2.45) is 4.36 Å². The van der Waals surface area contributed by atoms with Crippen LogP contribution in [0, 0.1) is 0 Å². The van der Waals surface area contributed by atoms with Crippen molar-refractivity contribution in [3.63, 3.8) is 0 Å². The smallest absolute Gasteiger partial charge is 0.355 e. The molecule has 5 rings (SSSR count). The summed E-state index contributed by atoms with van der Waals surface area (Å²) in [6.07, 6.45) is 5.95. The van der Waals surface area contributed by atoms with Gasteiger partial charge in [-0.3, -0.25) is 9.52 Å². The highest BCUT2D eigenvalue weighted by Crippen LogP contribution is 2.39. The third-order valence-electron chi connectivity index (χ3n) is 6.38. The number of nitrogens with zero attached hydrogens (tertiary/aromatic N) is 1. The number of nitrogens with one attached hydrogen (secondary N) is 2. The monoisotopic (exact) mass is 439 g/mol. The Kier molecular flexibility index (Phi) is 4.50. The molecule has 0 aromatic heterocycles. The molecule has 1 aliphatic heterocycles. The Hall–Kier alpha value is -2.71. The zero-order valence-corrected chi connectivity index (χ0v) is 18.4. The molecule has 1 heterocycles. The summed E-state index contributed by atoms with van der Waals surface area (Å²) in [5.74, 6) is -0.566. The third kappa shape index (κ3) is 3.34. The van der Waals surface area contributed by atoms with Crippen molar-refractivity contribution in [2.75, 3.05) is 5.32 Å². The molecule has 3 amide bonds. The Bertz CT molecular complexity index is 1230. The summed E-state index contributed by atoms with van der Waals surface area (Å²) in [4.78, 5) is 25.5. The Morgan fingerprint density at radius 3 is 2.35 bits per heavy atom. The van der Waals surface area contributed by atoms with Gasteiger partial charge in [0.25, 0.3) is 5.91 Å². The number of hydrogen-bond acceptors (Lipinski definition) is 4. The van der Waals surface area contributed by atoms with Crippen LogP contribution in [0.2, 0.25) is 0 Å². The Balaban J connectivity index is 1.52. The fraction of sp³-hybridized carbons (Fsp3) is 0.391. The highest BCUT2D eigenvalue weighted by Gasteiger charge is 2.34. The number of fused-ring (bicyclic) bond motifs is 3. The van der Waals surface area contributed by atoms with Crippen LogP contribution in [0.5, 0.6) is 0 Å². The minimum atomic E-state index is -3.44. The molecule has 0 saturated carbocycles. The quantitative estimate of drug-likeness (QED) is 0.664. The van der Waals surface area contributed by atoms with Gasteiger partial charge in [0.2, 0.25) is 0 Å². The average molecular weight is 440 g/mol. The Labute approximate surface area is 181 Å². The summed E-state index contributed by atoms with van der Waals surface area (Å²) in [6.45, 7) is 3.21. The molecule has 0 bridgehead atoms. The van der Waals surface area contributed by atoms with E-state index in [1.807, 2.05) is 0 Å². The van der Waals surface area contributed by atoms with Crippen LogP contribution in [0.4, 0.5) is 10.5 Å². The molecule has 2 aromatic rings. The van der Waals surface area contributed by atoms with Crippen molar-refractivity contribution in [3.05, 3.63) is 57.6 Å². The van der Waals surface area contributed by atoms with Gasteiger partial charge in [0.1, 0.15) is 0 Å². The molecule has 8 heteroatoms. The van der Waals surface area contributed by atoms with Gasteiger partial charge in [0.15, 0.2) is 9.92 Å². The number of benzene rings is 2. The summed E-state index contributed by atoms with van der Waals surface area (Å²) in [7, 11) is -3.44. The van der Waals surface area contributed by atoms with Crippen LogP contribution < -0.4 is 10.0 Å². The summed E-state index contributed by atoms with van der Waals surface area (Å²) in [6, 6.07) is 6.15. The first-order chi connectivity index (χ1) is 14.7. The normalized spacial score (nSPS) is 21.3. The summed E-state index contributed by atoms with van der Waals surface area (Å²) in [5.41, 5.74) is 5.22. The lowest BCUT2D eigenvalue weighted by Gasteiger charge is -2.18. The third-order valence-corrected chi connectivity index (χ3v) is 8.21. The van der Waals surface area contributed by atoms with Crippen LogP contribution in [0.15, 0.2) is 33.5 Å². The lowest BCUT2D eigenvalue weighted by atomic mass is 9.96. The zero-order chi connectivity index (χ0) is 22.0. The second kappa shape index (κ2) is 6.90. The molecule has 0 saturated heterocycles. The topological polar surface area (TPSA) is 108 Å². The van der Waals surface area contributed by atoms with Gasteiger partial charge < -0.3 is 10.4 Å². The number of hydrogen-bond donors (Lipinski definition) is 3. The van der Waals surface area contributed by atoms with Gasteiger partial charge in [-0.2, -0.15) is 0 Å². The maximum Gasteiger partial charge on any atom is 0.355 e. The van der Waals surface area contributed by atoms with Crippen molar-refractivity contribution in [1.29, 1.82) is 0 Å². The van der Waals surface area contributed by atoms with E-state index >= 15 is 0 Å². The number of urea groups is 1. The molecule has 2 aliphatic carbocycles. The Morgan fingerprint density at radius 1 is 1.10 bits per heavy atom. The summed E-state index contributed by atoms with van der Waals surface area (Å²) >= 11 is 0. The minimum Gasteiger partial charge on any atom is -0.386 e. The molecular weight excluding hydrogens is 414 g/mol. The number of carbonyl (C=O) groups is 2. The van der Waals surface area contributed by atoms with Crippen molar-refractivity contribution < 1.29 is 18.9 Å². The molecule has 162 valence electrons. The van der Waals surface area contributed by atoms with Gasteiger partial charge in [-0.15, -0.1) is 4.36 Å². The van der Waals surface area contributed by atoms with Crippen LogP contribution in [0.3, 0.4) is 0 Å². The number of amides is 3. The first kappa shape index (κ1) is 20.2. The van der Waals surface area contributed by atoms with Gasteiger partial charge in [0.05, 0.1) is 16.1 Å². The lowest BCUT2D eigenvalue weighted by Crippen LogP contribution is -2.23. The first-order valence-corrected chi connectivity index (χ1v) is 12.1. The van der Waals surface area contributed by atoms with E-state index in [0.29, 0.717) is 5.56 Å². The van der Waals surface area contributed by atoms with Crippen molar-refractivity contribution in [3.8, 4) is 0 Å². The van der Waals surface area contributed by atoms with Gasteiger partial charge in [-0.1, -0.05) is 12.1 Å². The van der Waals surface area contributed by atoms with Gasteiger partial charge in [0, 0.05) is 5.69 Å². The largest absolute Gasteiger partial charge is 0.386 e. The highest BCUT2D eigenvalue weighted by atomic mass is 32.2. The van der Waals surface area contributed by atoms with Crippen LogP contribution in [-0.4, -0.2) is 21.3 Å². The molecule has 3 N–H and O–H groups in total. The number of aliphatic hydroxyl groups is 1. The molecule has 31 heavy (non-hydrogen) atoms. The minimum absolute atomic E-state index is 0.169. The first-order valence-electron chi connectivity index (χ1n) is 10.6. The van der Waals surface area contributed by atoms with E-state index in [0.717, 1.165) is 55.3 Å². The van der Waals surface area contributed by atoms with Crippen LogP contribution in [0.25, 0.3) is 0 Å². The summed E-state index contributed by atoms with van der Waals surface area (Å²) < 4.78 is 19.7. The fourth-order valence-electron chi connectivity index (χ4n) is 4.85. The second-order valence-corrected chi connectivity index (χ2v) is 10.9. The standard InChI is InChI=1S/C23H25N3O4S/c1-23(2,29)15-9-10-19-18(12-15)21(27)25-31(19,30)26-22(28)24-20-16-7-3-5-13(16)11-14-6-4-8-17(14)20/h9-12,29H,3-8H2,1-2H3,(H2,24,25,26,27,28,30)/t31-/m0/s1. The van der Waals surface area contributed by atoms with Crippen molar-refractivity contribution >= 4 is 27.5 Å². The number of rotatable bonds is 2. The van der Waals surface area contributed by atoms with Gasteiger partial charge in [-0.05, 0) is 92.3 Å². The molecule has 0 spiro atoms. The fourth-order valence-corrected chi connectivity index (χ4v) is 6.45. The van der Waals surface area contributed by atoms with E-state index in [1.165, 1.54) is 23.3 Å². The van der Waals surface area contributed by atoms with E-state index < -0.39 is 27.5 Å². The average Bonchev–Trinajstić information content (AvgIpc) is 3.40. The van der Waals surface area contributed by atoms with Gasteiger partial charge in [-0.25, -0.2) is 9.00 Å². The number of carbonyl (C=O) groups excluding carboxylic acids is 2. The van der Waals surface area contributed by atoms with Gasteiger partial charge >= 0.3 is 6.03 Å². The molecule has 3 aliphatic rings. The highest BCUT2D eigenvalue weighted by molar-refractivity contribution is 7.93. The van der Waals surface area contributed by atoms with Crippen molar-refractivity contribution in [1.82, 2.24) is 4.72 Å². The van der Waals surface area contributed by atoms with E-state index in [1.54, 1.807) is 19.9 Å². The summed E-state index contributed by atoms with van der Waals surface area (Å²) in [5, 5.41) is 13.1. The predicted molar refractivity (Wildman–Crippen MR) is 118 cm³/mol. The number of anilines is 1. The number of aryl methyl sites for hydroxylation is 2. The molecule has 2 aromatic carbocycles. The zero-order valence-electron chi connectivity index (χ0n) is 17.6. The second-order valence-electron chi connectivity index (χ2n) is 8.98. The lowest BCUT2D eigenvalue weighted by molar-refractivity contribution is 0.0784. The van der Waals surface area contributed by atoms with Crippen LogP contribution in [-0.2, 0) is 41.2 Å². The molecule has 0 radical (unpaired) electrons. The van der Waals surface area contributed by atoms with E-state index in [4.69, 9.17) is 0 Å². The van der Waals surface area contributed by atoms with E-state index in [2.05, 4.69) is 20.5 Å². The maximum absolute atomic E-state index is 13.4.